The van der Waals surface area contributed by atoms with Gasteiger partial charge < -0.3 is 4.43 Å². The zero-order chi connectivity index (χ0) is 13.2. The van der Waals surface area contributed by atoms with Crippen LogP contribution >= 0.6 is 0 Å². The van der Waals surface area contributed by atoms with Gasteiger partial charge in [-0.25, -0.2) is 0 Å². The first-order valence-corrected chi connectivity index (χ1v) is 9.21. The second-order valence-electron chi connectivity index (χ2n) is 5.86. The van der Waals surface area contributed by atoms with Gasteiger partial charge in [0.1, 0.15) is 0 Å². The first kappa shape index (κ1) is 13.6. The summed E-state index contributed by atoms with van der Waals surface area (Å²) in [6.07, 6.45) is 4.62. The maximum atomic E-state index is 6.51. The SMILES string of the molecule is CC(C)[Si]1(C(C)C)C/C=C\c2ccccc2CO1. The highest BCUT2D eigenvalue weighted by atomic mass is 28.4. The quantitative estimate of drug-likeness (QED) is 0.680. The number of fused-ring (bicyclic) bond motifs is 1. The van der Waals surface area contributed by atoms with Gasteiger partial charge >= 0.3 is 0 Å². The third-order valence-corrected chi connectivity index (χ3v) is 9.71. The number of hydrogen-bond donors (Lipinski definition) is 0. The minimum absolute atomic E-state index is 0.660. The van der Waals surface area contributed by atoms with Crippen LogP contribution in [0.2, 0.25) is 17.1 Å². The molecule has 1 aromatic rings. The number of hydrogen-bond acceptors (Lipinski definition) is 1. The molecule has 0 radical (unpaired) electrons. The Hall–Kier alpha value is -0.863. The summed E-state index contributed by atoms with van der Waals surface area (Å²) in [7, 11) is -1.68. The van der Waals surface area contributed by atoms with Gasteiger partial charge in [0, 0.05) is 0 Å². The van der Waals surface area contributed by atoms with Gasteiger partial charge in [-0.15, -0.1) is 0 Å². The van der Waals surface area contributed by atoms with Crippen molar-refractivity contribution in [2.45, 2.75) is 51.4 Å². The Labute approximate surface area is 112 Å². The van der Waals surface area contributed by atoms with Crippen LogP contribution in [0.15, 0.2) is 30.3 Å². The predicted octanol–water partition coefficient (Wildman–Crippen LogP) is 5.00. The Morgan fingerprint density at radius 1 is 1.06 bits per heavy atom. The van der Waals surface area contributed by atoms with Gasteiger partial charge in [-0.2, -0.15) is 0 Å². The molecule has 0 saturated carbocycles. The monoisotopic (exact) mass is 260 g/mol. The molecular weight excluding hydrogens is 236 g/mol. The van der Waals surface area contributed by atoms with Crippen molar-refractivity contribution < 1.29 is 4.43 Å². The van der Waals surface area contributed by atoms with Crippen LogP contribution in [0, 0.1) is 0 Å². The molecule has 0 unspecified atom stereocenters. The number of allylic oxidation sites excluding steroid dienone is 1. The van der Waals surface area contributed by atoms with Gasteiger partial charge in [-0.3, -0.25) is 0 Å². The van der Waals surface area contributed by atoms with Crippen molar-refractivity contribution >= 4 is 14.4 Å². The molecule has 0 bridgehead atoms. The van der Waals surface area contributed by atoms with Crippen molar-refractivity contribution in [2.75, 3.05) is 0 Å². The molecule has 1 aromatic carbocycles. The second kappa shape index (κ2) is 5.41. The summed E-state index contributed by atoms with van der Waals surface area (Å²) in [5, 5.41) is 0. The first-order chi connectivity index (χ1) is 8.56. The Kier molecular flexibility index (Phi) is 4.08. The predicted molar refractivity (Wildman–Crippen MR) is 81.0 cm³/mol. The molecule has 2 heteroatoms. The third kappa shape index (κ3) is 2.45. The van der Waals surface area contributed by atoms with Crippen LogP contribution < -0.4 is 0 Å². The maximum Gasteiger partial charge on any atom is 0.201 e. The number of rotatable bonds is 2. The van der Waals surface area contributed by atoms with E-state index in [0.29, 0.717) is 11.1 Å². The fourth-order valence-corrected chi connectivity index (χ4v) is 6.91. The Bertz CT molecular complexity index is 426. The lowest BCUT2D eigenvalue weighted by molar-refractivity contribution is 0.274. The third-order valence-electron chi connectivity index (χ3n) is 4.24. The molecule has 1 aliphatic rings. The Balaban J connectivity index is 2.33. The van der Waals surface area contributed by atoms with Crippen LogP contribution in [0.25, 0.3) is 6.08 Å². The normalized spacial score (nSPS) is 20.3. The summed E-state index contributed by atoms with van der Waals surface area (Å²) >= 11 is 0. The largest absolute Gasteiger partial charge is 0.412 e. The lowest BCUT2D eigenvalue weighted by Gasteiger charge is -2.39. The van der Waals surface area contributed by atoms with E-state index in [2.05, 4.69) is 64.1 Å². The summed E-state index contributed by atoms with van der Waals surface area (Å²) in [6, 6.07) is 9.70. The van der Waals surface area contributed by atoms with Gasteiger partial charge in [0.2, 0.25) is 8.32 Å². The van der Waals surface area contributed by atoms with E-state index in [1.165, 1.54) is 11.1 Å². The van der Waals surface area contributed by atoms with Gasteiger partial charge in [-0.1, -0.05) is 64.1 Å². The fraction of sp³-hybridized carbons (Fsp3) is 0.500. The van der Waals surface area contributed by atoms with Crippen LogP contribution in [0.4, 0.5) is 0 Å². The molecule has 0 atom stereocenters. The molecule has 0 aromatic heterocycles. The minimum atomic E-state index is -1.68. The van der Waals surface area contributed by atoms with Crippen molar-refractivity contribution in [3.8, 4) is 0 Å². The summed E-state index contributed by atoms with van der Waals surface area (Å²) in [6.45, 7) is 10.1. The molecule has 0 saturated heterocycles. The van der Waals surface area contributed by atoms with Crippen LogP contribution in [0.3, 0.4) is 0 Å². The van der Waals surface area contributed by atoms with Crippen molar-refractivity contribution in [1.29, 1.82) is 0 Å². The summed E-state index contributed by atoms with van der Waals surface area (Å²) in [4.78, 5) is 0. The fourth-order valence-electron chi connectivity index (χ4n) is 2.94. The summed E-state index contributed by atoms with van der Waals surface area (Å²) < 4.78 is 6.51. The topological polar surface area (TPSA) is 9.23 Å². The highest BCUT2D eigenvalue weighted by Crippen LogP contribution is 2.39. The van der Waals surface area contributed by atoms with E-state index in [1.54, 1.807) is 0 Å². The average molecular weight is 260 g/mol. The van der Waals surface area contributed by atoms with Gasteiger partial charge in [0.25, 0.3) is 0 Å². The van der Waals surface area contributed by atoms with Crippen molar-refractivity contribution in [1.82, 2.24) is 0 Å². The standard InChI is InChI=1S/C16H24OSi/c1-13(2)18(14(3)4)11-7-10-15-8-5-6-9-16(15)12-17-18/h5-10,13-14H,11-12H2,1-4H3/b10-7-. The molecule has 18 heavy (non-hydrogen) atoms. The molecule has 2 rings (SSSR count). The number of benzene rings is 1. The van der Waals surface area contributed by atoms with Crippen molar-refractivity contribution in [3.05, 3.63) is 41.5 Å². The van der Waals surface area contributed by atoms with E-state index in [4.69, 9.17) is 4.43 Å². The van der Waals surface area contributed by atoms with Crippen molar-refractivity contribution in [3.63, 3.8) is 0 Å². The minimum Gasteiger partial charge on any atom is -0.412 e. The highest BCUT2D eigenvalue weighted by Gasteiger charge is 2.41. The van der Waals surface area contributed by atoms with E-state index < -0.39 is 8.32 Å². The second-order valence-corrected chi connectivity index (χ2v) is 10.8. The molecule has 0 spiro atoms. The molecule has 1 nitrogen and oxygen atoms in total. The first-order valence-electron chi connectivity index (χ1n) is 6.94. The lowest BCUT2D eigenvalue weighted by Crippen LogP contribution is -2.44. The average Bonchev–Trinajstić information content (AvgIpc) is 2.29. The summed E-state index contributed by atoms with van der Waals surface area (Å²) in [5.41, 5.74) is 3.96. The van der Waals surface area contributed by atoms with Gasteiger partial charge in [-0.05, 0) is 28.3 Å². The smallest absolute Gasteiger partial charge is 0.201 e. The van der Waals surface area contributed by atoms with Crippen LogP contribution in [-0.4, -0.2) is 8.32 Å². The van der Waals surface area contributed by atoms with Gasteiger partial charge in [0.15, 0.2) is 0 Å². The van der Waals surface area contributed by atoms with Gasteiger partial charge in [0.05, 0.1) is 6.61 Å². The summed E-state index contributed by atoms with van der Waals surface area (Å²) in [5.74, 6) is 0. The molecule has 98 valence electrons. The van der Waals surface area contributed by atoms with E-state index in [1.807, 2.05) is 0 Å². The van der Waals surface area contributed by atoms with E-state index >= 15 is 0 Å². The highest BCUT2D eigenvalue weighted by molar-refractivity contribution is 6.76. The van der Waals surface area contributed by atoms with E-state index in [9.17, 15) is 0 Å². The van der Waals surface area contributed by atoms with Crippen molar-refractivity contribution in [2.24, 2.45) is 0 Å². The van der Waals surface area contributed by atoms with E-state index in [0.717, 1.165) is 12.7 Å². The molecule has 0 aliphatic carbocycles. The molecular formula is C16H24OSi. The Morgan fingerprint density at radius 3 is 2.39 bits per heavy atom. The van der Waals surface area contributed by atoms with Crippen LogP contribution in [-0.2, 0) is 11.0 Å². The zero-order valence-corrected chi connectivity index (χ0v) is 12.9. The van der Waals surface area contributed by atoms with Crippen LogP contribution in [0.1, 0.15) is 38.8 Å². The van der Waals surface area contributed by atoms with E-state index in [-0.39, 0.29) is 0 Å². The lowest BCUT2D eigenvalue weighted by atomic mass is 10.1. The molecule has 1 heterocycles. The van der Waals surface area contributed by atoms with Crippen LogP contribution in [0.5, 0.6) is 0 Å². The zero-order valence-electron chi connectivity index (χ0n) is 11.9. The maximum absolute atomic E-state index is 6.51. The molecule has 0 fully saturated rings. The molecule has 0 N–H and O–H groups in total. The molecule has 1 aliphatic heterocycles. The Morgan fingerprint density at radius 2 is 1.72 bits per heavy atom. The molecule has 0 amide bonds.